The average Bonchev–Trinajstić information content (AvgIpc) is 2.93. The molecule has 1 heterocycles. The van der Waals surface area contributed by atoms with E-state index < -0.39 is 42.6 Å². The highest BCUT2D eigenvalue weighted by Crippen LogP contribution is 2.31. The van der Waals surface area contributed by atoms with Crippen LogP contribution in [0.5, 0.6) is 0 Å². The quantitative estimate of drug-likeness (QED) is 0.139. The average molecular weight is 547 g/mol. The van der Waals surface area contributed by atoms with Gasteiger partial charge in [-0.25, -0.2) is 0 Å². The van der Waals surface area contributed by atoms with Gasteiger partial charge in [-0.05, 0) is 24.0 Å². The van der Waals surface area contributed by atoms with Crippen LogP contribution in [0.3, 0.4) is 0 Å². The van der Waals surface area contributed by atoms with Crippen molar-refractivity contribution in [2.75, 3.05) is 19.1 Å². The first kappa shape index (κ1) is 29.8. The number of esters is 2. The van der Waals surface area contributed by atoms with Crippen molar-refractivity contribution in [1.82, 2.24) is 0 Å². The highest BCUT2D eigenvalue weighted by Gasteiger charge is 2.51. The van der Waals surface area contributed by atoms with Gasteiger partial charge in [0.05, 0.1) is 26.4 Å². The largest absolute Gasteiger partial charge is 0.454 e. The fourth-order valence-corrected chi connectivity index (χ4v) is 4.11. The minimum atomic E-state index is -1.07. The highest BCUT2D eigenvalue weighted by molar-refractivity contribution is 6.26. The first-order chi connectivity index (χ1) is 18.5. The molecule has 2 aromatic carbocycles. The van der Waals surface area contributed by atoms with Gasteiger partial charge in [-0.15, -0.1) is 18.2 Å². The molecule has 5 unspecified atom stereocenters. The van der Waals surface area contributed by atoms with E-state index in [2.05, 4.69) is 6.58 Å². The van der Waals surface area contributed by atoms with Crippen LogP contribution in [0.25, 0.3) is 0 Å². The van der Waals surface area contributed by atoms with Gasteiger partial charge in [0.15, 0.2) is 18.5 Å². The molecule has 0 amide bonds. The van der Waals surface area contributed by atoms with Gasteiger partial charge in [0, 0.05) is 6.92 Å². The van der Waals surface area contributed by atoms with Crippen LogP contribution in [0.1, 0.15) is 30.9 Å². The molecule has 2 aromatic rings. The van der Waals surface area contributed by atoms with Gasteiger partial charge in [0.2, 0.25) is 0 Å². The van der Waals surface area contributed by atoms with Crippen LogP contribution in [-0.4, -0.2) is 61.7 Å². The molecule has 1 saturated heterocycles. The van der Waals surface area contributed by atoms with Crippen LogP contribution in [0.15, 0.2) is 73.3 Å². The lowest BCUT2D eigenvalue weighted by Gasteiger charge is -2.44. The molecule has 0 radical (unpaired) electrons. The number of allylic oxidation sites excluding steroid dienone is 1. The molecule has 8 nitrogen and oxygen atoms in total. The van der Waals surface area contributed by atoms with Gasteiger partial charge in [0.1, 0.15) is 18.1 Å². The third-order valence-corrected chi connectivity index (χ3v) is 6.00. The minimum Gasteiger partial charge on any atom is -0.454 e. The van der Waals surface area contributed by atoms with Gasteiger partial charge in [-0.1, -0.05) is 66.7 Å². The molecule has 0 aliphatic carbocycles. The van der Waals surface area contributed by atoms with E-state index >= 15 is 0 Å². The molecule has 0 bridgehead atoms. The Morgan fingerprint density at radius 1 is 0.921 bits per heavy atom. The van der Waals surface area contributed by atoms with Crippen molar-refractivity contribution in [1.29, 1.82) is 0 Å². The number of hydrogen-bond acceptors (Lipinski definition) is 8. The number of hydrogen-bond donors (Lipinski definition) is 0. The van der Waals surface area contributed by atoms with Crippen molar-refractivity contribution in [3.63, 3.8) is 0 Å². The molecular weight excluding hydrogens is 512 g/mol. The smallest absolute Gasteiger partial charge is 0.321 e. The van der Waals surface area contributed by atoms with Gasteiger partial charge >= 0.3 is 11.9 Å². The summed E-state index contributed by atoms with van der Waals surface area (Å²) in [7, 11) is 0. The van der Waals surface area contributed by atoms with Crippen molar-refractivity contribution < 1.29 is 38.0 Å². The summed E-state index contributed by atoms with van der Waals surface area (Å²) >= 11 is 5.77. The third kappa shape index (κ3) is 9.53. The maximum Gasteiger partial charge on any atom is 0.321 e. The van der Waals surface area contributed by atoms with E-state index in [-0.39, 0.29) is 19.1 Å². The summed E-state index contributed by atoms with van der Waals surface area (Å²) in [5.74, 6) is -1.64. The fourth-order valence-electron chi connectivity index (χ4n) is 4.04. The Balaban J connectivity index is 1.85. The Kier molecular flexibility index (Phi) is 12.8. The van der Waals surface area contributed by atoms with Crippen LogP contribution in [0.4, 0.5) is 0 Å². The molecule has 9 heteroatoms. The van der Waals surface area contributed by atoms with E-state index in [0.717, 1.165) is 17.5 Å². The SMILES string of the molecule is C=CCCCOC1OC(COCc2ccccc2)C(OCc2ccccc2)C(OC(=O)CCl)C1OC(C)=O. The Hall–Kier alpha value is -2.75. The molecule has 1 aliphatic rings. The van der Waals surface area contributed by atoms with E-state index in [1.54, 1.807) is 6.08 Å². The number of carbonyl (C=O) groups is 2. The van der Waals surface area contributed by atoms with E-state index in [9.17, 15) is 9.59 Å². The van der Waals surface area contributed by atoms with Crippen LogP contribution >= 0.6 is 11.6 Å². The summed E-state index contributed by atoms with van der Waals surface area (Å²) in [6, 6.07) is 19.2. The van der Waals surface area contributed by atoms with Crippen molar-refractivity contribution in [3.8, 4) is 0 Å². The van der Waals surface area contributed by atoms with Gasteiger partial charge in [-0.3, -0.25) is 9.59 Å². The zero-order valence-electron chi connectivity index (χ0n) is 21.5. The summed E-state index contributed by atoms with van der Waals surface area (Å²) in [5, 5.41) is 0. The topological polar surface area (TPSA) is 89.5 Å². The van der Waals surface area contributed by atoms with Crippen LogP contribution in [0, 0.1) is 0 Å². The van der Waals surface area contributed by atoms with E-state index in [1.807, 2.05) is 60.7 Å². The Morgan fingerprint density at radius 3 is 2.18 bits per heavy atom. The molecule has 1 fully saturated rings. The Morgan fingerprint density at radius 2 is 1.58 bits per heavy atom. The minimum absolute atomic E-state index is 0.114. The molecular formula is C29H35ClO8. The van der Waals surface area contributed by atoms with Gasteiger partial charge in [0.25, 0.3) is 0 Å². The third-order valence-electron chi connectivity index (χ3n) is 5.78. The normalized spacial score (nSPS) is 22.9. The van der Waals surface area contributed by atoms with Crippen LogP contribution in [0.2, 0.25) is 0 Å². The number of ether oxygens (including phenoxy) is 6. The molecule has 38 heavy (non-hydrogen) atoms. The molecule has 3 rings (SSSR count). The maximum absolute atomic E-state index is 12.4. The van der Waals surface area contributed by atoms with Crippen LogP contribution < -0.4 is 0 Å². The summed E-state index contributed by atoms with van der Waals surface area (Å²) in [5.41, 5.74) is 1.90. The van der Waals surface area contributed by atoms with Crippen molar-refractivity contribution in [2.24, 2.45) is 0 Å². The number of halogens is 1. The van der Waals surface area contributed by atoms with Gasteiger partial charge < -0.3 is 28.4 Å². The lowest BCUT2D eigenvalue weighted by molar-refractivity contribution is -0.315. The lowest BCUT2D eigenvalue weighted by atomic mass is 9.98. The van der Waals surface area contributed by atoms with Crippen LogP contribution in [-0.2, 0) is 51.2 Å². The zero-order chi connectivity index (χ0) is 27.2. The van der Waals surface area contributed by atoms with Crippen molar-refractivity contribution >= 4 is 23.5 Å². The lowest BCUT2D eigenvalue weighted by Crippen LogP contribution is -2.62. The maximum atomic E-state index is 12.4. The summed E-state index contributed by atoms with van der Waals surface area (Å²) < 4.78 is 35.7. The second-order valence-corrected chi connectivity index (χ2v) is 9.04. The fraction of sp³-hybridized carbons (Fsp3) is 0.448. The first-order valence-corrected chi connectivity index (χ1v) is 13.1. The van der Waals surface area contributed by atoms with Gasteiger partial charge in [-0.2, -0.15) is 0 Å². The summed E-state index contributed by atoms with van der Waals surface area (Å²) in [4.78, 5) is 24.4. The molecule has 0 spiro atoms. The second-order valence-electron chi connectivity index (χ2n) is 8.77. The second kappa shape index (κ2) is 16.3. The van der Waals surface area contributed by atoms with E-state index in [1.165, 1.54) is 6.92 Å². The number of benzene rings is 2. The highest BCUT2D eigenvalue weighted by atomic mass is 35.5. The molecule has 206 valence electrons. The van der Waals surface area contributed by atoms with Crippen molar-refractivity contribution in [3.05, 3.63) is 84.4 Å². The summed E-state index contributed by atoms with van der Waals surface area (Å²) in [6.07, 6.45) is -1.46. The molecule has 1 aliphatic heterocycles. The summed E-state index contributed by atoms with van der Waals surface area (Å²) in [6.45, 7) is 5.97. The predicted molar refractivity (Wildman–Crippen MR) is 141 cm³/mol. The van der Waals surface area contributed by atoms with Crippen molar-refractivity contribution in [2.45, 2.75) is 63.7 Å². The molecule has 0 saturated carbocycles. The zero-order valence-corrected chi connectivity index (χ0v) is 22.3. The molecule has 5 atom stereocenters. The van der Waals surface area contributed by atoms with E-state index in [4.69, 9.17) is 40.0 Å². The number of alkyl halides is 1. The number of rotatable bonds is 15. The Labute approximate surface area is 228 Å². The monoisotopic (exact) mass is 546 g/mol. The molecule has 0 N–H and O–H groups in total. The Bertz CT molecular complexity index is 987. The van der Waals surface area contributed by atoms with E-state index in [0.29, 0.717) is 19.6 Å². The molecule has 0 aromatic heterocycles. The first-order valence-electron chi connectivity index (χ1n) is 12.6. The number of unbranched alkanes of at least 4 members (excludes halogenated alkanes) is 1. The predicted octanol–water partition coefficient (Wildman–Crippen LogP) is 4.58. The standard InChI is InChI=1S/C29H35ClO8/c1-3-4-11-16-34-29-28(36-21(2)31)27(38-25(32)17-30)26(35-19-23-14-9-6-10-15-23)24(37-29)20-33-18-22-12-7-5-8-13-22/h3,5-10,12-15,24,26-29H,1,4,11,16-20H2,2H3. The number of carbonyl (C=O) groups excluding carboxylic acids is 2.